The van der Waals surface area contributed by atoms with Gasteiger partial charge in [0, 0.05) is 12.6 Å². The Labute approximate surface area is 114 Å². The first-order chi connectivity index (χ1) is 8.77. The first kappa shape index (κ1) is 16.1. The van der Waals surface area contributed by atoms with Gasteiger partial charge in [-0.3, -0.25) is 0 Å². The van der Waals surface area contributed by atoms with Crippen LogP contribution in [0.5, 0.6) is 0 Å². The molecule has 1 unspecified atom stereocenters. The third-order valence-corrected chi connectivity index (χ3v) is 4.67. The van der Waals surface area contributed by atoms with Crippen molar-refractivity contribution in [3.05, 3.63) is 29.6 Å². The molecule has 0 saturated carbocycles. The standard InChI is InChI=1S/C13H21FN2O2S/c1-9(2)10(3)16-19(17,18)13-7-12(14)6-5-11(13)8-15-4/h5-7,9-10,15-16H,8H2,1-4H3. The van der Waals surface area contributed by atoms with Gasteiger partial charge in [0.1, 0.15) is 5.82 Å². The highest BCUT2D eigenvalue weighted by Gasteiger charge is 2.22. The second-order valence-electron chi connectivity index (χ2n) is 4.94. The van der Waals surface area contributed by atoms with Crippen molar-refractivity contribution < 1.29 is 12.8 Å². The van der Waals surface area contributed by atoms with Gasteiger partial charge in [0.05, 0.1) is 4.90 Å². The number of halogens is 1. The summed E-state index contributed by atoms with van der Waals surface area (Å²) in [7, 11) is -2.00. The molecule has 4 nitrogen and oxygen atoms in total. The molecule has 1 aromatic carbocycles. The van der Waals surface area contributed by atoms with Gasteiger partial charge in [0.15, 0.2) is 0 Å². The number of nitrogens with one attached hydrogen (secondary N) is 2. The molecule has 1 aromatic rings. The largest absolute Gasteiger partial charge is 0.316 e. The number of hydrogen-bond donors (Lipinski definition) is 2. The van der Waals surface area contributed by atoms with Crippen LogP contribution >= 0.6 is 0 Å². The summed E-state index contributed by atoms with van der Waals surface area (Å²) in [4.78, 5) is -0.00523. The van der Waals surface area contributed by atoms with E-state index in [2.05, 4.69) is 10.0 Å². The Balaban J connectivity index is 3.16. The van der Waals surface area contributed by atoms with E-state index in [0.29, 0.717) is 12.1 Å². The highest BCUT2D eigenvalue weighted by atomic mass is 32.2. The van der Waals surface area contributed by atoms with Crippen molar-refractivity contribution in [2.75, 3.05) is 7.05 Å². The minimum Gasteiger partial charge on any atom is -0.316 e. The molecule has 108 valence electrons. The molecule has 19 heavy (non-hydrogen) atoms. The zero-order valence-corrected chi connectivity index (χ0v) is 12.5. The molecule has 0 fully saturated rings. The Morgan fingerprint density at radius 2 is 1.89 bits per heavy atom. The molecule has 0 heterocycles. The second kappa shape index (κ2) is 6.45. The summed E-state index contributed by atoms with van der Waals surface area (Å²) in [5.41, 5.74) is 0.548. The van der Waals surface area contributed by atoms with Gasteiger partial charge in [-0.1, -0.05) is 19.9 Å². The van der Waals surface area contributed by atoms with Crippen molar-refractivity contribution >= 4 is 10.0 Å². The summed E-state index contributed by atoms with van der Waals surface area (Å²) in [6.45, 7) is 6.01. The molecule has 2 N–H and O–H groups in total. The van der Waals surface area contributed by atoms with Crippen LogP contribution in [0.1, 0.15) is 26.3 Å². The number of sulfonamides is 1. The molecule has 0 spiro atoms. The molecule has 0 saturated heterocycles. The van der Waals surface area contributed by atoms with E-state index in [1.165, 1.54) is 12.1 Å². The van der Waals surface area contributed by atoms with Crippen LogP contribution in [0, 0.1) is 11.7 Å². The molecule has 0 radical (unpaired) electrons. The maximum absolute atomic E-state index is 13.3. The Morgan fingerprint density at radius 1 is 1.26 bits per heavy atom. The Hall–Kier alpha value is -0.980. The third-order valence-electron chi connectivity index (χ3n) is 3.03. The Bertz CT molecular complexity index is 529. The van der Waals surface area contributed by atoms with Crippen LogP contribution in [0.25, 0.3) is 0 Å². The van der Waals surface area contributed by atoms with Crippen LogP contribution in [0.3, 0.4) is 0 Å². The van der Waals surface area contributed by atoms with Gasteiger partial charge in [-0.05, 0) is 37.6 Å². The smallest absolute Gasteiger partial charge is 0.241 e. The maximum atomic E-state index is 13.3. The molecule has 6 heteroatoms. The average molecular weight is 288 g/mol. The van der Waals surface area contributed by atoms with Crippen molar-refractivity contribution in [1.82, 2.24) is 10.0 Å². The van der Waals surface area contributed by atoms with Crippen molar-refractivity contribution in [1.29, 1.82) is 0 Å². The van der Waals surface area contributed by atoms with Gasteiger partial charge in [0.2, 0.25) is 10.0 Å². The van der Waals surface area contributed by atoms with E-state index in [1.54, 1.807) is 14.0 Å². The van der Waals surface area contributed by atoms with E-state index >= 15 is 0 Å². The van der Waals surface area contributed by atoms with Gasteiger partial charge in [-0.2, -0.15) is 0 Å². The molecule has 0 aliphatic carbocycles. The normalized spacial score (nSPS) is 13.8. The number of rotatable bonds is 6. The van der Waals surface area contributed by atoms with Crippen LogP contribution in [-0.2, 0) is 16.6 Å². The van der Waals surface area contributed by atoms with Crippen molar-refractivity contribution in [3.8, 4) is 0 Å². The predicted octanol–water partition coefficient (Wildman–Crippen LogP) is 1.87. The van der Waals surface area contributed by atoms with Gasteiger partial charge in [-0.25, -0.2) is 17.5 Å². The number of benzene rings is 1. The highest BCUT2D eigenvalue weighted by molar-refractivity contribution is 7.89. The summed E-state index contributed by atoms with van der Waals surface area (Å²) >= 11 is 0. The number of hydrogen-bond acceptors (Lipinski definition) is 3. The highest BCUT2D eigenvalue weighted by Crippen LogP contribution is 2.18. The lowest BCUT2D eigenvalue weighted by molar-refractivity contribution is 0.475. The summed E-state index contributed by atoms with van der Waals surface area (Å²) in [6, 6.07) is 3.59. The molecule has 1 rings (SSSR count). The van der Waals surface area contributed by atoms with E-state index in [0.717, 1.165) is 6.07 Å². The molecule has 0 aromatic heterocycles. The van der Waals surface area contributed by atoms with Crippen molar-refractivity contribution in [2.24, 2.45) is 5.92 Å². The zero-order chi connectivity index (χ0) is 14.6. The molecule has 0 aliphatic rings. The minimum absolute atomic E-state index is 0.00523. The molecular weight excluding hydrogens is 267 g/mol. The monoisotopic (exact) mass is 288 g/mol. The van der Waals surface area contributed by atoms with Crippen molar-refractivity contribution in [3.63, 3.8) is 0 Å². The SMILES string of the molecule is CNCc1ccc(F)cc1S(=O)(=O)NC(C)C(C)C. The van der Waals surface area contributed by atoms with Crippen LogP contribution in [0.15, 0.2) is 23.1 Å². The van der Waals surface area contributed by atoms with E-state index in [9.17, 15) is 12.8 Å². The predicted molar refractivity (Wildman–Crippen MR) is 73.8 cm³/mol. The lowest BCUT2D eigenvalue weighted by Crippen LogP contribution is -2.36. The lowest BCUT2D eigenvalue weighted by Gasteiger charge is -2.19. The fourth-order valence-corrected chi connectivity index (χ4v) is 3.20. The van der Waals surface area contributed by atoms with Crippen molar-refractivity contribution in [2.45, 2.75) is 38.3 Å². The molecule has 0 bridgehead atoms. The van der Waals surface area contributed by atoms with Gasteiger partial charge in [-0.15, -0.1) is 0 Å². The zero-order valence-electron chi connectivity index (χ0n) is 11.7. The third kappa shape index (κ3) is 4.26. The summed E-state index contributed by atoms with van der Waals surface area (Å²) in [5, 5.41) is 2.88. The van der Waals surface area contributed by atoms with Crippen LogP contribution in [0.2, 0.25) is 0 Å². The van der Waals surface area contributed by atoms with E-state index in [-0.39, 0.29) is 16.9 Å². The molecule has 0 amide bonds. The fraction of sp³-hybridized carbons (Fsp3) is 0.538. The summed E-state index contributed by atoms with van der Waals surface area (Å²) < 4.78 is 40.5. The lowest BCUT2D eigenvalue weighted by atomic mass is 10.1. The van der Waals surface area contributed by atoms with Crippen LogP contribution in [0.4, 0.5) is 4.39 Å². The quantitative estimate of drug-likeness (QED) is 0.840. The fourth-order valence-electron chi connectivity index (χ4n) is 1.56. The summed E-state index contributed by atoms with van der Waals surface area (Å²) in [6.07, 6.45) is 0. The van der Waals surface area contributed by atoms with Crippen LogP contribution < -0.4 is 10.0 Å². The first-order valence-electron chi connectivity index (χ1n) is 6.23. The van der Waals surface area contributed by atoms with Gasteiger partial charge < -0.3 is 5.32 Å². The molecular formula is C13H21FN2O2S. The van der Waals surface area contributed by atoms with E-state index in [4.69, 9.17) is 0 Å². The second-order valence-corrected chi connectivity index (χ2v) is 6.62. The van der Waals surface area contributed by atoms with Gasteiger partial charge >= 0.3 is 0 Å². The first-order valence-corrected chi connectivity index (χ1v) is 7.71. The minimum atomic E-state index is -3.71. The topological polar surface area (TPSA) is 58.2 Å². The maximum Gasteiger partial charge on any atom is 0.241 e. The van der Waals surface area contributed by atoms with E-state index in [1.807, 2.05) is 13.8 Å². The summed E-state index contributed by atoms with van der Waals surface area (Å²) in [5.74, 6) is -0.395. The molecule has 0 aliphatic heterocycles. The Morgan fingerprint density at radius 3 is 2.42 bits per heavy atom. The van der Waals surface area contributed by atoms with Crippen LogP contribution in [-0.4, -0.2) is 21.5 Å². The van der Waals surface area contributed by atoms with E-state index < -0.39 is 15.8 Å². The Kier molecular flexibility index (Phi) is 5.46. The average Bonchev–Trinajstić information content (AvgIpc) is 2.31. The van der Waals surface area contributed by atoms with Gasteiger partial charge in [0.25, 0.3) is 0 Å². The molecule has 1 atom stereocenters.